The Balaban J connectivity index is 1.23. The SMILES string of the molecule is c1ccc(COC[C@@H]2C[C@@H]2c2cncc(OC[C@@H]3CCN3)c2)nc1. The molecule has 0 radical (unpaired) electrons. The van der Waals surface area contributed by atoms with Crippen molar-refractivity contribution in [1.82, 2.24) is 15.3 Å². The fraction of sp³-hybridized carbons (Fsp3) is 0.474. The Labute approximate surface area is 142 Å². The van der Waals surface area contributed by atoms with E-state index in [1.54, 1.807) is 12.4 Å². The van der Waals surface area contributed by atoms with Gasteiger partial charge in [-0.05, 0) is 55.0 Å². The van der Waals surface area contributed by atoms with Gasteiger partial charge in [0.1, 0.15) is 12.4 Å². The minimum atomic E-state index is 0.502. The van der Waals surface area contributed by atoms with Crippen molar-refractivity contribution in [1.29, 1.82) is 0 Å². The van der Waals surface area contributed by atoms with Crippen molar-refractivity contribution in [2.24, 2.45) is 5.92 Å². The lowest BCUT2D eigenvalue weighted by Gasteiger charge is -2.27. The largest absolute Gasteiger partial charge is 0.490 e. The predicted octanol–water partition coefficient (Wildman–Crippen LogP) is 2.54. The van der Waals surface area contributed by atoms with Crippen LogP contribution in [0.15, 0.2) is 42.9 Å². The molecule has 1 saturated carbocycles. The van der Waals surface area contributed by atoms with E-state index in [1.807, 2.05) is 24.4 Å². The standard InChI is InChI=1S/C19H23N3O2/c1-2-5-21-16(3-1)12-23-11-15-8-19(15)14-7-18(10-20-9-14)24-13-17-4-6-22-17/h1-3,5,7,9-10,15,17,19,22H,4,6,8,11-13H2/t15-,17-,19+/m0/s1. The number of ether oxygens (including phenoxy) is 2. The van der Waals surface area contributed by atoms with Gasteiger partial charge in [0.15, 0.2) is 0 Å². The molecule has 0 spiro atoms. The first-order chi connectivity index (χ1) is 11.9. The van der Waals surface area contributed by atoms with E-state index in [1.165, 1.54) is 12.0 Å². The van der Waals surface area contributed by atoms with Gasteiger partial charge in [-0.25, -0.2) is 0 Å². The molecule has 1 N–H and O–H groups in total. The Hall–Kier alpha value is -1.98. The van der Waals surface area contributed by atoms with Gasteiger partial charge >= 0.3 is 0 Å². The quantitative estimate of drug-likeness (QED) is 0.808. The van der Waals surface area contributed by atoms with Gasteiger partial charge in [0.05, 0.1) is 25.1 Å². The van der Waals surface area contributed by atoms with Crippen LogP contribution >= 0.6 is 0 Å². The van der Waals surface area contributed by atoms with E-state index >= 15 is 0 Å². The van der Waals surface area contributed by atoms with Crippen LogP contribution in [0, 0.1) is 5.92 Å². The van der Waals surface area contributed by atoms with Crippen LogP contribution < -0.4 is 10.1 Å². The highest BCUT2D eigenvalue weighted by molar-refractivity contribution is 5.30. The second kappa shape index (κ2) is 7.28. The van der Waals surface area contributed by atoms with E-state index in [0.29, 0.717) is 24.5 Å². The van der Waals surface area contributed by atoms with Crippen molar-refractivity contribution in [2.45, 2.75) is 31.4 Å². The molecule has 0 amide bonds. The van der Waals surface area contributed by atoms with Crippen LogP contribution in [0.1, 0.15) is 30.0 Å². The van der Waals surface area contributed by atoms with Crippen LogP contribution in [-0.4, -0.2) is 35.8 Å². The number of hydrogen-bond acceptors (Lipinski definition) is 5. The molecule has 1 aliphatic heterocycles. The molecule has 5 nitrogen and oxygen atoms in total. The van der Waals surface area contributed by atoms with Crippen LogP contribution in [-0.2, 0) is 11.3 Å². The fourth-order valence-corrected chi connectivity index (χ4v) is 3.04. The van der Waals surface area contributed by atoms with Crippen LogP contribution in [0.4, 0.5) is 0 Å². The molecule has 1 aliphatic carbocycles. The monoisotopic (exact) mass is 325 g/mol. The summed E-state index contributed by atoms with van der Waals surface area (Å²) in [5, 5.41) is 3.34. The molecule has 2 fully saturated rings. The van der Waals surface area contributed by atoms with E-state index in [0.717, 1.165) is 37.6 Å². The summed E-state index contributed by atoms with van der Waals surface area (Å²) in [6.07, 6.45) is 7.92. The second-order valence-corrected chi connectivity index (χ2v) is 6.64. The molecular weight excluding hydrogens is 302 g/mol. The third-order valence-electron chi connectivity index (χ3n) is 4.77. The molecule has 2 aromatic rings. The minimum absolute atomic E-state index is 0.502. The van der Waals surface area contributed by atoms with Crippen LogP contribution in [0.25, 0.3) is 0 Å². The minimum Gasteiger partial charge on any atom is -0.490 e. The maximum atomic E-state index is 5.84. The summed E-state index contributed by atoms with van der Waals surface area (Å²) in [5.41, 5.74) is 2.25. The zero-order chi connectivity index (χ0) is 16.2. The number of aromatic nitrogens is 2. The zero-order valence-electron chi connectivity index (χ0n) is 13.7. The van der Waals surface area contributed by atoms with E-state index in [4.69, 9.17) is 9.47 Å². The van der Waals surface area contributed by atoms with Gasteiger partial charge in [-0.3, -0.25) is 9.97 Å². The van der Waals surface area contributed by atoms with Gasteiger partial charge in [-0.15, -0.1) is 0 Å². The van der Waals surface area contributed by atoms with Crippen molar-refractivity contribution in [3.05, 3.63) is 54.1 Å². The summed E-state index contributed by atoms with van der Waals surface area (Å²) >= 11 is 0. The smallest absolute Gasteiger partial charge is 0.137 e. The Morgan fingerprint density at radius 1 is 1.21 bits per heavy atom. The summed E-state index contributed by atoms with van der Waals surface area (Å²) in [4.78, 5) is 8.61. The highest BCUT2D eigenvalue weighted by atomic mass is 16.5. The van der Waals surface area contributed by atoms with Crippen molar-refractivity contribution in [3.63, 3.8) is 0 Å². The molecule has 5 heteroatoms. The Morgan fingerprint density at radius 2 is 2.17 bits per heavy atom. The van der Waals surface area contributed by atoms with Crippen LogP contribution in [0.5, 0.6) is 5.75 Å². The zero-order valence-corrected chi connectivity index (χ0v) is 13.7. The number of hydrogen-bond donors (Lipinski definition) is 1. The lowest BCUT2D eigenvalue weighted by atomic mass is 10.1. The highest BCUT2D eigenvalue weighted by Gasteiger charge is 2.38. The Bertz CT molecular complexity index is 661. The molecule has 2 aliphatic rings. The summed E-state index contributed by atoms with van der Waals surface area (Å²) in [7, 11) is 0. The molecule has 126 valence electrons. The molecule has 3 heterocycles. The molecule has 2 aromatic heterocycles. The average molecular weight is 325 g/mol. The molecular formula is C19H23N3O2. The lowest BCUT2D eigenvalue weighted by molar-refractivity contribution is 0.107. The van der Waals surface area contributed by atoms with Gasteiger partial charge in [-0.2, -0.15) is 0 Å². The average Bonchev–Trinajstić information content (AvgIpc) is 3.34. The van der Waals surface area contributed by atoms with Gasteiger partial charge < -0.3 is 14.8 Å². The highest BCUT2D eigenvalue weighted by Crippen LogP contribution is 2.47. The van der Waals surface area contributed by atoms with Gasteiger partial charge in [-0.1, -0.05) is 6.07 Å². The summed E-state index contributed by atoms with van der Waals surface area (Å²) in [5.74, 6) is 2.01. The van der Waals surface area contributed by atoms with E-state index in [9.17, 15) is 0 Å². The first-order valence-electron chi connectivity index (χ1n) is 8.67. The number of rotatable bonds is 8. The maximum absolute atomic E-state index is 5.84. The van der Waals surface area contributed by atoms with Gasteiger partial charge in [0.2, 0.25) is 0 Å². The predicted molar refractivity (Wildman–Crippen MR) is 90.9 cm³/mol. The summed E-state index contributed by atoms with van der Waals surface area (Å²) in [6.45, 7) is 3.19. The van der Waals surface area contributed by atoms with Gasteiger partial charge in [0, 0.05) is 18.4 Å². The maximum Gasteiger partial charge on any atom is 0.137 e. The second-order valence-electron chi connectivity index (χ2n) is 6.64. The van der Waals surface area contributed by atoms with E-state index in [-0.39, 0.29) is 0 Å². The van der Waals surface area contributed by atoms with Crippen molar-refractivity contribution < 1.29 is 9.47 Å². The molecule has 1 saturated heterocycles. The number of nitrogens with one attached hydrogen (secondary N) is 1. The molecule has 3 atom stereocenters. The van der Waals surface area contributed by atoms with Crippen molar-refractivity contribution in [2.75, 3.05) is 19.8 Å². The molecule has 4 rings (SSSR count). The van der Waals surface area contributed by atoms with E-state index in [2.05, 4.69) is 21.4 Å². The van der Waals surface area contributed by atoms with Crippen molar-refractivity contribution >= 4 is 0 Å². The van der Waals surface area contributed by atoms with Gasteiger partial charge in [0.25, 0.3) is 0 Å². The van der Waals surface area contributed by atoms with Crippen LogP contribution in [0.2, 0.25) is 0 Å². The fourth-order valence-electron chi connectivity index (χ4n) is 3.04. The third kappa shape index (κ3) is 3.91. The lowest BCUT2D eigenvalue weighted by Crippen LogP contribution is -2.46. The topological polar surface area (TPSA) is 56.3 Å². The summed E-state index contributed by atoms with van der Waals surface area (Å²) in [6, 6.07) is 8.54. The number of nitrogens with zero attached hydrogens (tertiary/aromatic N) is 2. The van der Waals surface area contributed by atoms with Crippen molar-refractivity contribution in [3.8, 4) is 5.75 Å². The first kappa shape index (κ1) is 15.5. The normalized spacial score (nSPS) is 25.1. The number of pyridine rings is 2. The summed E-state index contributed by atoms with van der Waals surface area (Å²) < 4.78 is 11.6. The Morgan fingerprint density at radius 3 is 2.96 bits per heavy atom. The molecule has 0 bridgehead atoms. The molecule has 24 heavy (non-hydrogen) atoms. The first-order valence-corrected chi connectivity index (χ1v) is 8.67. The Kier molecular flexibility index (Phi) is 4.71. The van der Waals surface area contributed by atoms with E-state index < -0.39 is 0 Å². The molecule has 0 aromatic carbocycles. The molecule has 0 unspecified atom stereocenters. The third-order valence-corrected chi connectivity index (χ3v) is 4.77. The van der Waals surface area contributed by atoms with Crippen LogP contribution in [0.3, 0.4) is 0 Å².